The molecule has 116 valence electrons. The largest absolute Gasteiger partial charge is 0.478 e. The van der Waals surface area contributed by atoms with Gasteiger partial charge in [0.1, 0.15) is 11.0 Å². The summed E-state index contributed by atoms with van der Waals surface area (Å²) in [6.07, 6.45) is 0.235. The number of H-pyrrole nitrogens is 1. The Kier molecular flexibility index (Phi) is 4.02. The van der Waals surface area contributed by atoms with Crippen LogP contribution in [0.3, 0.4) is 0 Å². The summed E-state index contributed by atoms with van der Waals surface area (Å²) >= 11 is 11.7. The Morgan fingerprint density at radius 1 is 1.17 bits per heavy atom. The van der Waals surface area contributed by atoms with Crippen LogP contribution in [0.4, 0.5) is 0 Å². The zero-order chi connectivity index (χ0) is 16.6. The summed E-state index contributed by atoms with van der Waals surface area (Å²) in [6, 6.07) is 7.44. The van der Waals surface area contributed by atoms with E-state index in [0.717, 1.165) is 0 Å². The first-order valence-corrected chi connectivity index (χ1v) is 7.27. The molecule has 1 aromatic carbocycles. The van der Waals surface area contributed by atoms with Gasteiger partial charge in [0.2, 0.25) is 0 Å². The number of aromatic amines is 1. The molecule has 0 aliphatic heterocycles. The number of carboxylic acids is 1. The number of hydrogen-bond donors (Lipinski definition) is 2. The number of hydrogen-bond acceptors (Lipinski definition) is 4. The molecule has 0 fully saturated rings. The van der Waals surface area contributed by atoms with Crippen LogP contribution in [0, 0.1) is 0 Å². The molecule has 0 unspecified atom stereocenters. The third-order valence-corrected chi connectivity index (χ3v) is 3.90. The maximum absolute atomic E-state index is 12.1. The maximum Gasteiger partial charge on any atom is 0.335 e. The number of aromatic carboxylic acids is 1. The van der Waals surface area contributed by atoms with E-state index in [1.807, 2.05) is 0 Å². The minimum atomic E-state index is -1.08. The molecule has 0 saturated heterocycles. The number of aromatic nitrogens is 3. The molecule has 0 aliphatic rings. The first kappa shape index (κ1) is 15.5. The van der Waals surface area contributed by atoms with E-state index in [-0.39, 0.29) is 22.7 Å². The topological polar surface area (TPSA) is 95.9 Å². The molecule has 3 aromatic rings. The van der Waals surface area contributed by atoms with Gasteiger partial charge in [-0.1, -0.05) is 23.2 Å². The Balaban J connectivity index is 2.05. The fourth-order valence-electron chi connectivity index (χ4n) is 2.13. The molecule has 6 nitrogen and oxygen atoms in total. The third kappa shape index (κ3) is 3.18. The SMILES string of the molecule is O=C(O)c1ccc2c(=O)[nH]c(Cc3ccc(Cl)c(Cl)n3)nc2c1. The number of carboxylic acid groups (broad SMARTS) is 1. The lowest BCUT2D eigenvalue weighted by Crippen LogP contribution is -2.13. The van der Waals surface area contributed by atoms with E-state index in [9.17, 15) is 9.59 Å². The van der Waals surface area contributed by atoms with E-state index >= 15 is 0 Å². The lowest BCUT2D eigenvalue weighted by molar-refractivity contribution is 0.0697. The monoisotopic (exact) mass is 349 g/mol. The summed E-state index contributed by atoms with van der Waals surface area (Å²) in [5.41, 5.74) is 0.608. The summed E-state index contributed by atoms with van der Waals surface area (Å²) in [5, 5.41) is 9.85. The van der Waals surface area contributed by atoms with E-state index in [1.54, 1.807) is 12.1 Å². The van der Waals surface area contributed by atoms with Crippen LogP contribution in [0.1, 0.15) is 21.9 Å². The number of pyridine rings is 1. The van der Waals surface area contributed by atoms with Crippen molar-refractivity contribution < 1.29 is 9.90 Å². The zero-order valence-corrected chi connectivity index (χ0v) is 13.0. The van der Waals surface area contributed by atoms with Gasteiger partial charge in [-0.2, -0.15) is 0 Å². The highest BCUT2D eigenvalue weighted by Gasteiger charge is 2.10. The molecule has 3 rings (SSSR count). The highest BCUT2D eigenvalue weighted by molar-refractivity contribution is 6.41. The Labute approximate surface area is 139 Å². The second kappa shape index (κ2) is 5.98. The molecule has 0 amide bonds. The highest BCUT2D eigenvalue weighted by atomic mass is 35.5. The number of benzene rings is 1. The number of nitrogens with one attached hydrogen (secondary N) is 1. The lowest BCUT2D eigenvalue weighted by atomic mass is 10.1. The normalized spacial score (nSPS) is 10.9. The molecule has 2 heterocycles. The van der Waals surface area contributed by atoms with Crippen molar-refractivity contribution in [2.75, 3.05) is 0 Å². The fourth-order valence-corrected chi connectivity index (χ4v) is 2.41. The van der Waals surface area contributed by atoms with Crippen LogP contribution >= 0.6 is 23.2 Å². The Morgan fingerprint density at radius 3 is 2.65 bits per heavy atom. The van der Waals surface area contributed by atoms with Gasteiger partial charge in [0.25, 0.3) is 5.56 Å². The number of rotatable bonds is 3. The molecule has 23 heavy (non-hydrogen) atoms. The van der Waals surface area contributed by atoms with Gasteiger partial charge < -0.3 is 10.1 Å². The number of halogens is 2. The highest BCUT2D eigenvalue weighted by Crippen LogP contribution is 2.20. The summed E-state index contributed by atoms with van der Waals surface area (Å²) in [5.74, 6) is -0.724. The van der Waals surface area contributed by atoms with Gasteiger partial charge in [0.05, 0.1) is 21.5 Å². The second-order valence-corrected chi connectivity index (χ2v) is 5.57. The van der Waals surface area contributed by atoms with Crippen LogP contribution < -0.4 is 5.56 Å². The van der Waals surface area contributed by atoms with Crippen molar-refractivity contribution in [1.29, 1.82) is 0 Å². The van der Waals surface area contributed by atoms with Crippen LogP contribution in [-0.4, -0.2) is 26.0 Å². The third-order valence-electron chi connectivity index (χ3n) is 3.21. The Hall–Kier alpha value is -2.44. The first-order chi connectivity index (χ1) is 10.9. The van der Waals surface area contributed by atoms with E-state index in [2.05, 4.69) is 15.0 Å². The molecule has 0 spiro atoms. The Morgan fingerprint density at radius 2 is 1.96 bits per heavy atom. The van der Waals surface area contributed by atoms with Crippen molar-refractivity contribution in [3.05, 3.63) is 67.9 Å². The van der Waals surface area contributed by atoms with Crippen molar-refractivity contribution in [2.24, 2.45) is 0 Å². The average Bonchev–Trinajstić information content (AvgIpc) is 2.50. The molecule has 0 atom stereocenters. The van der Waals surface area contributed by atoms with Gasteiger partial charge in [-0.3, -0.25) is 4.79 Å². The zero-order valence-electron chi connectivity index (χ0n) is 11.5. The van der Waals surface area contributed by atoms with Gasteiger partial charge >= 0.3 is 5.97 Å². The van der Waals surface area contributed by atoms with Crippen LogP contribution in [0.5, 0.6) is 0 Å². The second-order valence-electron chi connectivity index (χ2n) is 4.80. The fraction of sp³-hybridized carbons (Fsp3) is 0.0667. The van der Waals surface area contributed by atoms with Crippen molar-refractivity contribution in [3.8, 4) is 0 Å². The molecule has 0 radical (unpaired) electrons. The van der Waals surface area contributed by atoms with Crippen LogP contribution in [0.15, 0.2) is 35.1 Å². The molecular formula is C15H9Cl2N3O3. The maximum atomic E-state index is 12.1. The van der Waals surface area contributed by atoms with Crippen LogP contribution in [0.2, 0.25) is 10.2 Å². The van der Waals surface area contributed by atoms with Gasteiger partial charge in [-0.05, 0) is 30.3 Å². The average molecular weight is 350 g/mol. The molecule has 2 aromatic heterocycles. The van der Waals surface area contributed by atoms with Crippen molar-refractivity contribution >= 4 is 40.1 Å². The number of fused-ring (bicyclic) bond motifs is 1. The quantitative estimate of drug-likeness (QED) is 0.708. The molecule has 0 aliphatic carbocycles. The minimum absolute atomic E-state index is 0.0641. The van der Waals surface area contributed by atoms with Crippen molar-refractivity contribution in [1.82, 2.24) is 15.0 Å². The van der Waals surface area contributed by atoms with E-state index in [0.29, 0.717) is 27.4 Å². The minimum Gasteiger partial charge on any atom is -0.478 e. The van der Waals surface area contributed by atoms with Crippen molar-refractivity contribution in [2.45, 2.75) is 6.42 Å². The molecule has 0 saturated carbocycles. The lowest BCUT2D eigenvalue weighted by Gasteiger charge is -2.05. The van der Waals surface area contributed by atoms with Gasteiger partial charge in [0.15, 0.2) is 0 Å². The molecule has 8 heteroatoms. The van der Waals surface area contributed by atoms with Gasteiger partial charge in [-0.25, -0.2) is 14.8 Å². The van der Waals surface area contributed by atoms with Crippen LogP contribution in [0.25, 0.3) is 10.9 Å². The summed E-state index contributed by atoms with van der Waals surface area (Å²) in [7, 11) is 0. The van der Waals surface area contributed by atoms with E-state index < -0.39 is 5.97 Å². The predicted molar refractivity (Wildman–Crippen MR) is 86.4 cm³/mol. The Bertz CT molecular complexity index is 985. The van der Waals surface area contributed by atoms with Gasteiger partial charge in [-0.15, -0.1) is 0 Å². The summed E-state index contributed by atoms with van der Waals surface area (Å²) in [6.45, 7) is 0. The molecular weight excluding hydrogens is 341 g/mol. The molecule has 2 N–H and O–H groups in total. The number of nitrogens with zero attached hydrogens (tertiary/aromatic N) is 2. The van der Waals surface area contributed by atoms with Gasteiger partial charge in [0, 0.05) is 12.1 Å². The first-order valence-electron chi connectivity index (χ1n) is 6.51. The summed E-state index contributed by atoms with van der Waals surface area (Å²) in [4.78, 5) is 34.1. The van der Waals surface area contributed by atoms with E-state index in [4.69, 9.17) is 28.3 Å². The smallest absolute Gasteiger partial charge is 0.335 e. The standard InChI is InChI=1S/C15H9Cl2N3O3/c16-10-4-2-8(18-13(10)17)6-12-19-11-5-7(15(22)23)1-3-9(11)14(21)20-12/h1-5H,6H2,(H,22,23)(H,19,20,21). The molecule has 0 bridgehead atoms. The van der Waals surface area contributed by atoms with E-state index in [1.165, 1.54) is 18.2 Å². The summed E-state index contributed by atoms with van der Waals surface area (Å²) < 4.78 is 0. The number of carbonyl (C=O) groups is 1. The van der Waals surface area contributed by atoms with Crippen LogP contribution in [-0.2, 0) is 6.42 Å². The van der Waals surface area contributed by atoms with Crippen molar-refractivity contribution in [3.63, 3.8) is 0 Å². The predicted octanol–water partition coefficient (Wildman–Crippen LogP) is 2.91.